The number of hydrogen-bond donors (Lipinski definition) is 2. The lowest BCUT2D eigenvalue weighted by molar-refractivity contribution is 0.463. The molecule has 0 fully saturated rings. The van der Waals surface area contributed by atoms with E-state index < -0.39 is 15.8 Å². The zero-order valence-corrected chi connectivity index (χ0v) is 12.5. The molecule has 6 nitrogen and oxygen atoms in total. The van der Waals surface area contributed by atoms with Crippen LogP contribution in [0.2, 0.25) is 0 Å². The van der Waals surface area contributed by atoms with Gasteiger partial charge in [0.15, 0.2) is 0 Å². The van der Waals surface area contributed by atoms with E-state index in [1.54, 1.807) is 14.0 Å². The van der Waals surface area contributed by atoms with Crippen molar-refractivity contribution >= 4 is 10.0 Å². The molecule has 0 unspecified atom stereocenters. The van der Waals surface area contributed by atoms with Crippen molar-refractivity contribution < 1.29 is 17.2 Å². The summed E-state index contributed by atoms with van der Waals surface area (Å²) >= 11 is 0. The lowest BCUT2D eigenvalue weighted by Crippen LogP contribution is -2.23. The maximum Gasteiger partial charge on any atom is 0.241 e. The molecule has 0 aliphatic carbocycles. The Kier molecular flexibility index (Phi) is 4.71. The maximum atomic E-state index is 13.5. The van der Waals surface area contributed by atoms with Crippen LogP contribution in [0.1, 0.15) is 17.2 Å². The SMILES string of the molecule is CNCc1cc(S(=O)(=O)NCc2ncc(C)o2)ccc1F. The predicted octanol–water partition coefficient (Wildman–Crippen LogP) is 1.32. The lowest BCUT2D eigenvalue weighted by Gasteiger charge is -2.08. The van der Waals surface area contributed by atoms with Crippen LogP contribution in [-0.4, -0.2) is 20.4 Å². The zero-order valence-electron chi connectivity index (χ0n) is 11.7. The van der Waals surface area contributed by atoms with Gasteiger partial charge in [-0.1, -0.05) is 0 Å². The summed E-state index contributed by atoms with van der Waals surface area (Å²) in [5.74, 6) is 0.419. The summed E-state index contributed by atoms with van der Waals surface area (Å²) in [6.45, 7) is 1.90. The van der Waals surface area contributed by atoms with E-state index in [4.69, 9.17) is 4.42 Å². The van der Waals surface area contributed by atoms with Crippen LogP contribution >= 0.6 is 0 Å². The summed E-state index contributed by atoms with van der Waals surface area (Å²) in [5, 5.41) is 2.78. The molecule has 0 radical (unpaired) electrons. The third-order valence-corrected chi connectivity index (χ3v) is 4.18. The Balaban J connectivity index is 2.17. The molecule has 1 heterocycles. The van der Waals surface area contributed by atoms with Crippen LogP contribution in [0.15, 0.2) is 33.7 Å². The highest BCUT2D eigenvalue weighted by molar-refractivity contribution is 7.89. The number of nitrogens with one attached hydrogen (secondary N) is 2. The number of benzene rings is 1. The van der Waals surface area contributed by atoms with Gasteiger partial charge in [-0.15, -0.1) is 0 Å². The van der Waals surface area contributed by atoms with Crippen molar-refractivity contribution in [2.75, 3.05) is 7.05 Å². The molecule has 0 aliphatic heterocycles. The van der Waals surface area contributed by atoms with Crippen LogP contribution in [-0.2, 0) is 23.1 Å². The minimum Gasteiger partial charge on any atom is -0.445 e. The number of aryl methyl sites for hydroxylation is 1. The summed E-state index contributed by atoms with van der Waals surface area (Å²) in [7, 11) is -2.09. The lowest BCUT2D eigenvalue weighted by atomic mass is 10.2. The van der Waals surface area contributed by atoms with Gasteiger partial charge in [-0.05, 0) is 32.2 Å². The van der Waals surface area contributed by atoms with Crippen molar-refractivity contribution in [1.29, 1.82) is 0 Å². The van der Waals surface area contributed by atoms with E-state index in [2.05, 4.69) is 15.0 Å². The van der Waals surface area contributed by atoms with E-state index in [-0.39, 0.29) is 29.4 Å². The Morgan fingerprint density at radius 2 is 2.10 bits per heavy atom. The number of aromatic nitrogens is 1. The molecular formula is C13H16FN3O3S. The maximum absolute atomic E-state index is 13.5. The molecule has 2 aromatic rings. The quantitative estimate of drug-likeness (QED) is 0.840. The molecule has 2 N–H and O–H groups in total. The standard InChI is InChI=1S/C13H16FN3O3S/c1-9-6-16-13(20-9)8-17-21(18,19)11-3-4-12(14)10(5-11)7-15-2/h3-6,15,17H,7-8H2,1-2H3. The fraction of sp³-hybridized carbons (Fsp3) is 0.308. The summed E-state index contributed by atoms with van der Waals surface area (Å²) in [6, 6.07) is 3.66. The first kappa shape index (κ1) is 15.6. The van der Waals surface area contributed by atoms with Crippen molar-refractivity contribution in [1.82, 2.24) is 15.0 Å². The van der Waals surface area contributed by atoms with Crippen molar-refractivity contribution in [2.45, 2.75) is 24.9 Å². The van der Waals surface area contributed by atoms with Gasteiger partial charge in [-0.3, -0.25) is 0 Å². The number of sulfonamides is 1. The summed E-state index contributed by atoms with van der Waals surface area (Å²) in [5.41, 5.74) is 0.285. The number of hydrogen-bond acceptors (Lipinski definition) is 5. The second-order valence-electron chi connectivity index (χ2n) is 4.47. The van der Waals surface area contributed by atoms with Gasteiger partial charge in [-0.25, -0.2) is 22.5 Å². The number of oxazole rings is 1. The Morgan fingerprint density at radius 3 is 2.71 bits per heavy atom. The van der Waals surface area contributed by atoms with Gasteiger partial charge in [0.2, 0.25) is 15.9 Å². The second-order valence-corrected chi connectivity index (χ2v) is 6.24. The van der Waals surface area contributed by atoms with Crippen molar-refractivity contribution in [2.24, 2.45) is 0 Å². The highest BCUT2D eigenvalue weighted by Gasteiger charge is 2.17. The van der Waals surface area contributed by atoms with Crippen LogP contribution in [0.5, 0.6) is 0 Å². The van der Waals surface area contributed by atoms with Gasteiger partial charge in [0.1, 0.15) is 11.6 Å². The molecule has 0 spiro atoms. The molecule has 1 aromatic carbocycles. The molecule has 2 rings (SSSR count). The first-order chi connectivity index (χ1) is 9.92. The summed E-state index contributed by atoms with van der Waals surface area (Å²) in [6.07, 6.45) is 1.51. The van der Waals surface area contributed by atoms with E-state index in [0.29, 0.717) is 5.76 Å². The molecule has 0 atom stereocenters. The molecule has 0 bridgehead atoms. The van der Waals surface area contributed by atoms with Gasteiger partial charge in [0.25, 0.3) is 0 Å². The van der Waals surface area contributed by atoms with Gasteiger partial charge in [0.05, 0.1) is 17.6 Å². The predicted molar refractivity (Wildman–Crippen MR) is 74.4 cm³/mol. The highest BCUT2D eigenvalue weighted by Crippen LogP contribution is 2.15. The van der Waals surface area contributed by atoms with Crippen LogP contribution in [0.4, 0.5) is 4.39 Å². The Hall–Kier alpha value is -1.77. The van der Waals surface area contributed by atoms with Gasteiger partial charge < -0.3 is 9.73 Å². The first-order valence-corrected chi connectivity index (χ1v) is 7.74. The smallest absolute Gasteiger partial charge is 0.241 e. The number of rotatable bonds is 6. The normalized spacial score (nSPS) is 11.8. The Bertz CT molecular complexity index is 728. The average Bonchev–Trinajstić information content (AvgIpc) is 2.85. The molecule has 114 valence electrons. The van der Waals surface area contributed by atoms with Crippen LogP contribution in [0.3, 0.4) is 0 Å². The van der Waals surface area contributed by atoms with E-state index in [0.717, 1.165) is 6.07 Å². The third kappa shape index (κ3) is 3.87. The molecule has 0 aliphatic rings. The van der Waals surface area contributed by atoms with Gasteiger partial charge >= 0.3 is 0 Å². The largest absolute Gasteiger partial charge is 0.445 e. The fourth-order valence-electron chi connectivity index (χ4n) is 1.77. The molecule has 0 saturated carbocycles. The van der Waals surface area contributed by atoms with Crippen LogP contribution in [0, 0.1) is 12.7 Å². The summed E-state index contributed by atoms with van der Waals surface area (Å²) < 4.78 is 45.4. The molecule has 8 heteroatoms. The zero-order chi connectivity index (χ0) is 15.5. The van der Waals surface area contributed by atoms with Crippen molar-refractivity contribution in [3.05, 3.63) is 47.4 Å². The topological polar surface area (TPSA) is 84.2 Å². The second kappa shape index (κ2) is 6.33. The molecule has 0 amide bonds. The highest BCUT2D eigenvalue weighted by atomic mass is 32.2. The van der Waals surface area contributed by atoms with Crippen LogP contribution in [0.25, 0.3) is 0 Å². The monoisotopic (exact) mass is 313 g/mol. The van der Waals surface area contributed by atoms with Gasteiger partial charge in [-0.2, -0.15) is 0 Å². The number of nitrogens with zero attached hydrogens (tertiary/aromatic N) is 1. The molecule has 1 aromatic heterocycles. The van der Waals surface area contributed by atoms with E-state index in [1.807, 2.05) is 0 Å². The van der Waals surface area contributed by atoms with Crippen molar-refractivity contribution in [3.63, 3.8) is 0 Å². The van der Waals surface area contributed by atoms with Crippen LogP contribution < -0.4 is 10.0 Å². The average molecular weight is 313 g/mol. The molecular weight excluding hydrogens is 297 g/mol. The number of halogens is 1. The molecule has 21 heavy (non-hydrogen) atoms. The Labute approximate surface area is 122 Å². The van der Waals surface area contributed by atoms with E-state index >= 15 is 0 Å². The van der Waals surface area contributed by atoms with E-state index in [9.17, 15) is 12.8 Å². The fourth-order valence-corrected chi connectivity index (χ4v) is 2.79. The van der Waals surface area contributed by atoms with Crippen molar-refractivity contribution in [3.8, 4) is 0 Å². The third-order valence-electron chi connectivity index (χ3n) is 2.78. The first-order valence-electron chi connectivity index (χ1n) is 6.26. The minimum atomic E-state index is -3.75. The molecule has 0 saturated heterocycles. The summed E-state index contributed by atoms with van der Waals surface area (Å²) in [4.78, 5) is 3.91. The minimum absolute atomic E-state index is 0.00238. The van der Waals surface area contributed by atoms with Gasteiger partial charge in [0, 0.05) is 12.1 Å². The van der Waals surface area contributed by atoms with E-state index in [1.165, 1.54) is 18.3 Å². The Morgan fingerprint density at radius 1 is 1.33 bits per heavy atom.